The van der Waals surface area contributed by atoms with Crippen molar-refractivity contribution in [3.63, 3.8) is 0 Å². The molecule has 326 valence electrons. The number of aromatic nitrogens is 10. The van der Waals surface area contributed by atoms with Crippen molar-refractivity contribution < 1.29 is 8.94 Å². The summed E-state index contributed by atoms with van der Waals surface area (Å²) in [7, 11) is 0. The molecular formula is C42H78N10O2S3. The molecule has 0 unspecified atom stereocenters. The second-order valence-corrected chi connectivity index (χ2v) is 18.4. The van der Waals surface area contributed by atoms with Crippen molar-refractivity contribution in [3.05, 3.63) is 55.2 Å². The first kappa shape index (κ1) is 56.1. The molecule has 0 bridgehead atoms. The van der Waals surface area contributed by atoms with Crippen molar-refractivity contribution in [1.82, 2.24) is 49.3 Å². The van der Waals surface area contributed by atoms with E-state index >= 15 is 0 Å². The molecule has 5 heterocycles. The molecule has 15 heteroatoms. The van der Waals surface area contributed by atoms with Gasteiger partial charge in [0.2, 0.25) is 17.7 Å². The highest BCUT2D eigenvalue weighted by Gasteiger charge is 2.07. The van der Waals surface area contributed by atoms with E-state index in [2.05, 4.69) is 112 Å². The second-order valence-electron chi connectivity index (χ2n) is 15.5. The minimum absolute atomic E-state index is 0.339. The Hall–Kier alpha value is -3.04. The highest BCUT2D eigenvalue weighted by atomic mass is 32.1. The molecule has 0 aliphatic heterocycles. The number of nitrogens with zero attached hydrogens (tertiary/aromatic N) is 10. The Labute approximate surface area is 358 Å². The van der Waals surface area contributed by atoms with Crippen LogP contribution in [0.2, 0.25) is 0 Å². The molecule has 5 aromatic heterocycles. The molecule has 0 spiro atoms. The zero-order valence-corrected chi connectivity index (χ0v) is 41.7. The molecule has 1 aliphatic rings. The van der Waals surface area contributed by atoms with Crippen LogP contribution in [0, 0.1) is 40.5 Å². The summed E-state index contributed by atoms with van der Waals surface area (Å²) < 4.78 is 18.1. The van der Waals surface area contributed by atoms with Crippen LogP contribution in [0.4, 0.5) is 0 Å². The fourth-order valence-electron chi connectivity index (χ4n) is 3.80. The molecule has 0 amide bonds. The third-order valence-corrected chi connectivity index (χ3v) is 9.61. The Kier molecular flexibility index (Phi) is 32.3. The molecule has 1 fully saturated rings. The largest absolute Gasteiger partial charge is 0.425 e. The van der Waals surface area contributed by atoms with E-state index in [-0.39, 0.29) is 0 Å². The first-order valence-electron chi connectivity index (χ1n) is 20.7. The monoisotopic (exact) mass is 851 g/mol. The van der Waals surface area contributed by atoms with Gasteiger partial charge < -0.3 is 8.94 Å². The Bertz CT molecular complexity index is 1360. The summed E-state index contributed by atoms with van der Waals surface area (Å²) in [5.41, 5.74) is 0. The molecule has 0 radical (unpaired) electrons. The Morgan fingerprint density at radius 3 is 1.18 bits per heavy atom. The lowest BCUT2D eigenvalue weighted by Crippen LogP contribution is -1.88. The van der Waals surface area contributed by atoms with Crippen LogP contribution in [-0.2, 0) is 0 Å². The van der Waals surface area contributed by atoms with Crippen LogP contribution in [-0.4, -0.2) is 49.3 Å². The molecule has 0 aromatic carbocycles. The lowest BCUT2D eigenvalue weighted by atomic mass is 10.0. The summed E-state index contributed by atoms with van der Waals surface area (Å²) in [4.78, 5) is 12.5. The van der Waals surface area contributed by atoms with Gasteiger partial charge in [-0.15, -0.1) is 31.7 Å². The normalized spacial score (nSPS) is 11.7. The minimum Gasteiger partial charge on any atom is -0.425 e. The number of hydrogen-bond acceptors (Lipinski definition) is 15. The lowest BCUT2D eigenvalue weighted by Gasteiger charge is -2.05. The maximum atomic E-state index is 5.12. The van der Waals surface area contributed by atoms with Crippen molar-refractivity contribution in [1.29, 1.82) is 0 Å². The van der Waals surface area contributed by atoms with E-state index < -0.39 is 0 Å². The van der Waals surface area contributed by atoms with E-state index in [1.54, 1.807) is 25.2 Å². The van der Waals surface area contributed by atoms with E-state index in [1.807, 2.05) is 62.3 Å². The van der Waals surface area contributed by atoms with Crippen LogP contribution < -0.4 is 0 Å². The van der Waals surface area contributed by atoms with Gasteiger partial charge in [-0.25, -0.2) is 9.97 Å². The van der Waals surface area contributed by atoms with E-state index in [4.69, 9.17) is 8.94 Å². The van der Waals surface area contributed by atoms with Crippen molar-refractivity contribution in [2.75, 3.05) is 0 Å². The van der Waals surface area contributed by atoms with Gasteiger partial charge >= 0.3 is 0 Å². The van der Waals surface area contributed by atoms with Gasteiger partial charge in [-0.05, 0) is 49.8 Å². The molecule has 0 atom stereocenters. The standard InChI is InChI=1S/2C6H10N2O.3C6H10N2S.C6H12.C4H10.C2H6/c1-4(2)6-8-7-5(3)9-6;1-4(2)6-7-5(3)9-8-6;1-4(2)6-8-7-5(3)9-6;1-4(2)6-7-5(3)9-8-6;1-4(2)6-7-5(3)8-9-6;1-2-4-6-5-3-1;1-4(2)3;1-2/h5*4H,1-3H3;1-6H2;4H,1-3H3;1-2H3. The summed E-state index contributed by atoms with van der Waals surface area (Å²) in [5, 5.41) is 23.5. The van der Waals surface area contributed by atoms with Crippen LogP contribution in [0.5, 0.6) is 0 Å². The smallest absolute Gasteiger partial charge is 0.223 e. The van der Waals surface area contributed by atoms with Gasteiger partial charge in [0.15, 0.2) is 5.82 Å². The molecular weight excluding hydrogens is 773 g/mol. The van der Waals surface area contributed by atoms with Crippen LogP contribution in [0.25, 0.3) is 0 Å². The number of aryl methyl sites for hydroxylation is 5. The Balaban J connectivity index is 0. The number of rotatable bonds is 5. The zero-order valence-electron chi connectivity index (χ0n) is 39.2. The van der Waals surface area contributed by atoms with Gasteiger partial charge in [0.25, 0.3) is 0 Å². The fraction of sp³-hybridized carbons (Fsp3) is 0.762. The summed E-state index contributed by atoms with van der Waals surface area (Å²) in [6.07, 6.45) is 9.00. The first-order valence-corrected chi connectivity index (χ1v) is 23.1. The van der Waals surface area contributed by atoms with Crippen molar-refractivity contribution >= 4 is 34.4 Å². The highest BCUT2D eigenvalue weighted by molar-refractivity contribution is 7.11. The van der Waals surface area contributed by atoms with E-state index in [1.165, 1.54) is 61.6 Å². The Morgan fingerprint density at radius 2 is 0.982 bits per heavy atom. The van der Waals surface area contributed by atoms with Crippen LogP contribution >= 0.6 is 34.4 Å². The average Bonchev–Trinajstić information content (AvgIpc) is 4.01. The quantitative estimate of drug-likeness (QED) is 0.165. The van der Waals surface area contributed by atoms with E-state index in [9.17, 15) is 0 Å². The van der Waals surface area contributed by atoms with Crippen LogP contribution in [0.1, 0.15) is 227 Å². The van der Waals surface area contributed by atoms with Crippen LogP contribution in [0.15, 0.2) is 8.94 Å². The maximum Gasteiger partial charge on any atom is 0.223 e. The molecule has 0 N–H and O–H groups in total. The van der Waals surface area contributed by atoms with Crippen molar-refractivity contribution in [2.24, 2.45) is 5.92 Å². The van der Waals surface area contributed by atoms with Gasteiger partial charge in [-0.1, -0.05) is 148 Å². The maximum absolute atomic E-state index is 5.12. The predicted molar refractivity (Wildman–Crippen MR) is 242 cm³/mol. The number of hydrogen-bond donors (Lipinski definition) is 0. The van der Waals surface area contributed by atoms with E-state index in [0.717, 1.165) is 43.4 Å². The zero-order chi connectivity index (χ0) is 44.1. The third kappa shape index (κ3) is 29.8. The summed E-state index contributed by atoms with van der Waals surface area (Å²) in [6.45, 7) is 40.8. The average molecular weight is 851 g/mol. The predicted octanol–water partition coefficient (Wildman–Crippen LogP) is 13.9. The van der Waals surface area contributed by atoms with Crippen LogP contribution in [0.3, 0.4) is 0 Å². The molecule has 5 aromatic rings. The molecule has 57 heavy (non-hydrogen) atoms. The second kappa shape index (κ2) is 32.9. The van der Waals surface area contributed by atoms with E-state index in [0.29, 0.717) is 47.3 Å². The minimum atomic E-state index is 0.339. The summed E-state index contributed by atoms with van der Waals surface area (Å²) in [6, 6.07) is 0. The van der Waals surface area contributed by atoms with Gasteiger partial charge in [0, 0.05) is 43.4 Å². The first-order chi connectivity index (χ1) is 26.7. The molecule has 12 nitrogen and oxygen atoms in total. The summed E-state index contributed by atoms with van der Waals surface area (Å²) in [5.74, 6) is 7.69. The third-order valence-electron chi connectivity index (χ3n) is 6.73. The molecule has 6 rings (SSSR count). The van der Waals surface area contributed by atoms with Gasteiger partial charge in [-0.2, -0.15) is 13.7 Å². The van der Waals surface area contributed by atoms with Gasteiger partial charge in [0.1, 0.15) is 31.7 Å². The lowest BCUT2D eigenvalue weighted by molar-refractivity contribution is 0.385. The summed E-state index contributed by atoms with van der Waals surface area (Å²) >= 11 is 4.64. The molecule has 1 saturated carbocycles. The fourth-order valence-corrected chi connectivity index (χ4v) is 5.76. The molecule has 1 aliphatic carbocycles. The van der Waals surface area contributed by atoms with Crippen molar-refractivity contribution in [3.8, 4) is 0 Å². The van der Waals surface area contributed by atoms with Gasteiger partial charge in [0.05, 0.1) is 0 Å². The molecule has 0 saturated heterocycles. The Morgan fingerprint density at radius 1 is 0.474 bits per heavy atom. The SMILES string of the molecule is C1CCCCC1.CC.CC(C)C.Cc1nc(C(C)C)no1.Cc1nc(C(C)C)ns1.Cc1nnc(C(C)C)o1.Cc1nnc(C(C)C)s1.Cc1nsc(C(C)C)n1. The van der Waals surface area contributed by atoms with Crippen molar-refractivity contribution in [2.45, 2.75) is 207 Å². The topological polar surface area (TPSA) is 155 Å². The highest BCUT2D eigenvalue weighted by Crippen LogP contribution is 2.18. The van der Waals surface area contributed by atoms with Gasteiger partial charge in [-0.3, -0.25) is 0 Å².